The van der Waals surface area contributed by atoms with Crippen LogP contribution in [0.5, 0.6) is 0 Å². The molecule has 2 nitrogen and oxygen atoms in total. The van der Waals surface area contributed by atoms with Crippen LogP contribution in [0.1, 0.15) is 27.9 Å². The molecule has 0 saturated heterocycles. The Hall–Kier alpha value is -1.41. The highest BCUT2D eigenvalue weighted by Crippen LogP contribution is 2.13. The zero-order valence-electron chi connectivity index (χ0n) is 9.29. The van der Waals surface area contributed by atoms with Gasteiger partial charge in [-0.15, -0.1) is 6.58 Å². The molecule has 0 heterocycles. The van der Waals surface area contributed by atoms with Gasteiger partial charge in [0.2, 0.25) is 0 Å². The minimum absolute atomic E-state index is 0.00704. The molecule has 1 unspecified atom stereocenters. The molecule has 1 aromatic carbocycles. The van der Waals surface area contributed by atoms with Crippen molar-refractivity contribution in [3.63, 3.8) is 0 Å². The van der Waals surface area contributed by atoms with Crippen LogP contribution in [-0.4, -0.2) is 11.8 Å². The van der Waals surface area contributed by atoms with Crippen LogP contribution >= 0.6 is 0 Å². The van der Waals surface area contributed by atoms with Gasteiger partial charge in [0.25, 0.3) is 0 Å². The number of carbonyl (C=O) groups is 1. The lowest BCUT2D eigenvalue weighted by atomic mass is 9.97. The number of benzene rings is 1. The summed E-state index contributed by atoms with van der Waals surface area (Å²) in [7, 11) is 0. The standard InChI is InChI=1S/C13H17NO/c1-4-5-12(14)13(15)11-7-6-9(2)8-10(11)3/h4,6-8,12H,1,5,14H2,2-3H3. The molecule has 0 bridgehead atoms. The van der Waals surface area contributed by atoms with E-state index in [-0.39, 0.29) is 5.78 Å². The van der Waals surface area contributed by atoms with Crippen molar-refractivity contribution in [3.8, 4) is 0 Å². The van der Waals surface area contributed by atoms with E-state index in [2.05, 4.69) is 6.58 Å². The number of rotatable bonds is 4. The van der Waals surface area contributed by atoms with Crippen LogP contribution in [0.25, 0.3) is 0 Å². The molecule has 15 heavy (non-hydrogen) atoms. The molecule has 0 saturated carbocycles. The molecule has 80 valence electrons. The van der Waals surface area contributed by atoms with E-state index in [0.717, 1.165) is 16.7 Å². The first-order valence-electron chi connectivity index (χ1n) is 5.04. The third-order valence-electron chi connectivity index (χ3n) is 2.40. The molecular formula is C13H17NO. The minimum Gasteiger partial charge on any atom is -0.321 e. The molecule has 0 aromatic heterocycles. The zero-order chi connectivity index (χ0) is 11.4. The predicted molar refractivity (Wildman–Crippen MR) is 63.0 cm³/mol. The third kappa shape index (κ3) is 2.77. The summed E-state index contributed by atoms with van der Waals surface area (Å²) in [5, 5.41) is 0. The number of hydrogen-bond donors (Lipinski definition) is 1. The smallest absolute Gasteiger partial charge is 0.180 e. The van der Waals surface area contributed by atoms with Crippen LogP contribution in [0.15, 0.2) is 30.9 Å². The highest BCUT2D eigenvalue weighted by molar-refractivity contribution is 6.01. The van der Waals surface area contributed by atoms with Crippen LogP contribution in [-0.2, 0) is 0 Å². The normalized spacial score (nSPS) is 12.2. The highest BCUT2D eigenvalue weighted by Gasteiger charge is 2.15. The van der Waals surface area contributed by atoms with Gasteiger partial charge >= 0.3 is 0 Å². The second kappa shape index (κ2) is 4.89. The van der Waals surface area contributed by atoms with Crippen LogP contribution in [0.3, 0.4) is 0 Å². The van der Waals surface area contributed by atoms with Gasteiger partial charge in [-0.1, -0.05) is 29.8 Å². The fourth-order valence-electron chi connectivity index (χ4n) is 1.58. The second-order valence-corrected chi connectivity index (χ2v) is 3.81. The Bertz CT molecular complexity index is 382. The molecule has 0 amide bonds. The zero-order valence-corrected chi connectivity index (χ0v) is 9.29. The number of hydrogen-bond acceptors (Lipinski definition) is 2. The monoisotopic (exact) mass is 203 g/mol. The molecular weight excluding hydrogens is 186 g/mol. The number of Topliss-reactive ketones (excluding diaryl/α,β-unsaturated/α-hetero) is 1. The lowest BCUT2D eigenvalue weighted by Crippen LogP contribution is -2.30. The van der Waals surface area contributed by atoms with Crippen molar-refractivity contribution in [2.24, 2.45) is 5.73 Å². The summed E-state index contributed by atoms with van der Waals surface area (Å²) in [6.07, 6.45) is 2.19. The van der Waals surface area contributed by atoms with Gasteiger partial charge in [-0.25, -0.2) is 0 Å². The van der Waals surface area contributed by atoms with Crippen molar-refractivity contribution < 1.29 is 4.79 Å². The molecule has 0 radical (unpaired) electrons. The van der Waals surface area contributed by atoms with E-state index in [1.807, 2.05) is 32.0 Å². The van der Waals surface area contributed by atoms with Crippen molar-refractivity contribution in [1.29, 1.82) is 0 Å². The van der Waals surface area contributed by atoms with Crippen molar-refractivity contribution in [3.05, 3.63) is 47.5 Å². The molecule has 1 aromatic rings. The Morgan fingerprint density at radius 1 is 1.53 bits per heavy atom. The molecule has 0 aliphatic heterocycles. The van der Waals surface area contributed by atoms with Gasteiger partial charge in [0.15, 0.2) is 5.78 Å². The lowest BCUT2D eigenvalue weighted by Gasteiger charge is -2.10. The third-order valence-corrected chi connectivity index (χ3v) is 2.40. The predicted octanol–water partition coefficient (Wildman–Crippen LogP) is 2.39. The summed E-state index contributed by atoms with van der Waals surface area (Å²) in [4.78, 5) is 11.9. The average Bonchev–Trinajstić information content (AvgIpc) is 2.17. The fourth-order valence-corrected chi connectivity index (χ4v) is 1.58. The van der Waals surface area contributed by atoms with Crippen LogP contribution in [0.4, 0.5) is 0 Å². The first-order chi connectivity index (χ1) is 7.06. The van der Waals surface area contributed by atoms with Crippen LogP contribution in [0.2, 0.25) is 0 Å². The Labute approximate surface area is 90.8 Å². The van der Waals surface area contributed by atoms with Crippen LogP contribution < -0.4 is 5.73 Å². The Balaban J connectivity index is 2.96. The summed E-state index contributed by atoms with van der Waals surface area (Å²) in [6.45, 7) is 7.52. The Morgan fingerprint density at radius 2 is 2.20 bits per heavy atom. The average molecular weight is 203 g/mol. The molecule has 1 rings (SSSR count). The topological polar surface area (TPSA) is 43.1 Å². The molecule has 0 aliphatic carbocycles. The maximum absolute atomic E-state index is 11.9. The fraction of sp³-hybridized carbons (Fsp3) is 0.308. The number of ketones is 1. The van der Waals surface area contributed by atoms with Gasteiger partial charge in [0, 0.05) is 5.56 Å². The van der Waals surface area contributed by atoms with Gasteiger partial charge in [0.05, 0.1) is 6.04 Å². The summed E-state index contributed by atoms with van der Waals surface area (Å²) < 4.78 is 0. The van der Waals surface area contributed by atoms with E-state index in [1.165, 1.54) is 0 Å². The van der Waals surface area contributed by atoms with Gasteiger partial charge in [-0.3, -0.25) is 4.79 Å². The second-order valence-electron chi connectivity index (χ2n) is 3.81. The molecule has 2 heteroatoms. The minimum atomic E-state index is -0.469. The molecule has 0 aliphatic rings. The van der Waals surface area contributed by atoms with E-state index in [9.17, 15) is 4.79 Å². The molecule has 2 N–H and O–H groups in total. The Kier molecular flexibility index (Phi) is 3.81. The van der Waals surface area contributed by atoms with Gasteiger partial charge in [-0.2, -0.15) is 0 Å². The van der Waals surface area contributed by atoms with Gasteiger partial charge in [0.1, 0.15) is 0 Å². The SMILES string of the molecule is C=CCC(N)C(=O)c1ccc(C)cc1C. The highest BCUT2D eigenvalue weighted by atomic mass is 16.1. The van der Waals surface area contributed by atoms with E-state index in [4.69, 9.17) is 5.73 Å². The number of carbonyl (C=O) groups excluding carboxylic acids is 1. The quantitative estimate of drug-likeness (QED) is 0.603. The first kappa shape index (κ1) is 11.7. The van der Waals surface area contributed by atoms with Crippen molar-refractivity contribution in [2.45, 2.75) is 26.3 Å². The van der Waals surface area contributed by atoms with Crippen molar-refractivity contribution in [2.75, 3.05) is 0 Å². The summed E-state index contributed by atoms with van der Waals surface area (Å²) in [6, 6.07) is 5.30. The van der Waals surface area contributed by atoms with Gasteiger partial charge < -0.3 is 5.73 Å². The first-order valence-corrected chi connectivity index (χ1v) is 5.04. The van der Waals surface area contributed by atoms with Crippen LogP contribution in [0, 0.1) is 13.8 Å². The maximum atomic E-state index is 11.9. The van der Waals surface area contributed by atoms with Crippen molar-refractivity contribution >= 4 is 5.78 Å². The van der Waals surface area contributed by atoms with Gasteiger partial charge in [-0.05, 0) is 25.8 Å². The van der Waals surface area contributed by atoms with E-state index < -0.39 is 6.04 Å². The molecule has 0 spiro atoms. The lowest BCUT2D eigenvalue weighted by molar-refractivity contribution is 0.0961. The number of nitrogens with two attached hydrogens (primary N) is 1. The summed E-state index contributed by atoms with van der Waals surface area (Å²) in [5.41, 5.74) is 8.60. The van der Waals surface area contributed by atoms with E-state index in [1.54, 1.807) is 6.08 Å². The maximum Gasteiger partial charge on any atom is 0.180 e. The number of aryl methyl sites for hydroxylation is 2. The largest absolute Gasteiger partial charge is 0.321 e. The van der Waals surface area contributed by atoms with E-state index >= 15 is 0 Å². The van der Waals surface area contributed by atoms with Crippen molar-refractivity contribution in [1.82, 2.24) is 0 Å². The molecule has 0 fully saturated rings. The molecule has 1 atom stereocenters. The Morgan fingerprint density at radius 3 is 2.73 bits per heavy atom. The summed E-state index contributed by atoms with van der Waals surface area (Å²) in [5.74, 6) is -0.00704. The van der Waals surface area contributed by atoms with E-state index in [0.29, 0.717) is 6.42 Å². The summed E-state index contributed by atoms with van der Waals surface area (Å²) >= 11 is 0.